The number of carbonyl (C=O) groups excluding carboxylic acids is 1. The summed E-state index contributed by atoms with van der Waals surface area (Å²) >= 11 is 5.35. The van der Waals surface area contributed by atoms with E-state index in [9.17, 15) is 4.79 Å². The molecule has 1 aromatic carbocycles. The van der Waals surface area contributed by atoms with Crippen molar-refractivity contribution >= 4 is 50.3 Å². The van der Waals surface area contributed by atoms with Crippen molar-refractivity contribution in [3.05, 3.63) is 34.4 Å². The zero-order valence-corrected chi connectivity index (χ0v) is 16.0. The second kappa shape index (κ2) is 8.07. The van der Waals surface area contributed by atoms with E-state index in [1.807, 2.05) is 30.1 Å². The van der Waals surface area contributed by atoms with Crippen LogP contribution in [0, 0.1) is 0 Å². The summed E-state index contributed by atoms with van der Waals surface area (Å²) in [7, 11) is 0. The molecule has 2 heterocycles. The fourth-order valence-electron chi connectivity index (χ4n) is 2.77. The SMILES string of the molecule is CCSCCNC(=O)c1cn(CC2=NCCN2)c2cc(Br)ccc12. The van der Waals surface area contributed by atoms with E-state index in [4.69, 9.17) is 0 Å². The molecule has 5 nitrogen and oxygen atoms in total. The largest absolute Gasteiger partial charge is 0.370 e. The van der Waals surface area contributed by atoms with Gasteiger partial charge in [-0.2, -0.15) is 11.8 Å². The maximum atomic E-state index is 12.6. The van der Waals surface area contributed by atoms with E-state index < -0.39 is 0 Å². The summed E-state index contributed by atoms with van der Waals surface area (Å²) in [5.41, 5.74) is 1.76. The smallest absolute Gasteiger partial charge is 0.253 e. The van der Waals surface area contributed by atoms with Crippen LogP contribution in [-0.4, -0.2) is 47.4 Å². The van der Waals surface area contributed by atoms with E-state index in [0.717, 1.165) is 51.4 Å². The average molecular weight is 409 g/mol. The number of hydrogen-bond donors (Lipinski definition) is 2. The number of aromatic nitrogens is 1. The van der Waals surface area contributed by atoms with Crippen LogP contribution in [-0.2, 0) is 6.54 Å². The van der Waals surface area contributed by atoms with Crippen LogP contribution >= 0.6 is 27.7 Å². The summed E-state index contributed by atoms with van der Waals surface area (Å²) in [5, 5.41) is 7.27. The van der Waals surface area contributed by atoms with Crippen molar-refractivity contribution in [1.29, 1.82) is 0 Å². The Labute approximate surface area is 154 Å². The predicted octanol–water partition coefficient (Wildman–Crippen LogP) is 2.89. The van der Waals surface area contributed by atoms with E-state index in [1.54, 1.807) is 0 Å². The number of amides is 1. The van der Waals surface area contributed by atoms with Crippen molar-refractivity contribution in [3.63, 3.8) is 0 Å². The molecule has 2 N–H and O–H groups in total. The lowest BCUT2D eigenvalue weighted by Crippen LogP contribution is -2.26. The number of thioether (sulfide) groups is 1. The molecule has 0 bridgehead atoms. The van der Waals surface area contributed by atoms with Gasteiger partial charge >= 0.3 is 0 Å². The number of halogens is 1. The number of benzene rings is 1. The second-order valence-electron chi connectivity index (χ2n) is 5.54. The second-order valence-corrected chi connectivity index (χ2v) is 7.85. The number of nitrogens with zero attached hydrogens (tertiary/aromatic N) is 2. The Morgan fingerprint density at radius 3 is 3.12 bits per heavy atom. The average Bonchev–Trinajstić information content (AvgIpc) is 3.20. The van der Waals surface area contributed by atoms with Crippen molar-refractivity contribution in [2.24, 2.45) is 4.99 Å². The first-order valence-corrected chi connectivity index (χ1v) is 10.1. The normalized spacial score (nSPS) is 13.8. The number of carbonyl (C=O) groups is 1. The standard InChI is InChI=1S/C17H21BrN4OS/c1-2-24-8-7-21-17(23)14-10-22(11-16-19-5-6-20-16)15-9-12(18)3-4-13(14)15/h3-4,9-10H,2,5-8,11H2,1H3,(H,19,20)(H,21,23). The highest BCUT2D eigenvalue weighted by molar-refractivity contribution is 9.10. The summed E-state index contributed by atoms with van der Waals surface area (Å²) in [4.78, 5) is 17.0. The van der Waals surface area contributed by atoms with E-state index in [1.165, 1.54) is 0 Å². The molecule has 1 aliphatic rings. The summed E-state index contributed by atoms with van der Waals surface area (Å²) in [6.07, 6.45) is 1.93. The maximum absolute atomic E-state index is 12.6. The summed E-state index contributed by atoms with van der Waals surface area (Å²) in [5.74, 6) is 2.96. The predicted molar refractivity (Wildman–Crippen MR) is 105 cm³/mol. The Hall–Kier alpha value is -1.47. The first-order chi connectivity index (χ1) is 11.7. The third kappa shape index (κ3) is 3.95. The Kier molecular flexibility index (Phi) is 5.84. The highest BCUT2D eigenvalue weighted by Crippen LogP contribution is 2.25. The van der Waals surface area contributed by atoms with E-state index in [2.05, 4.69) is 49.1 Å². The van der Waals surface area contributed by atoms with Gasteiger partial charge in [0.2, 0.25) is 0 Å². The molecule has 0 atom stereocenters. The van der Waals surface area contributed by atoms with Gasteiger partial charge in [-0.1, -0.05) is 28.9 Å². The molecule has 24 heavy (non-hydrogen) atoms. The lowest BCUT2D eigenvalue weighted by Gasteiger charge is -2.06. The molecular formula is C17H21BrN4OS. The van der Waals surface area contributed by atoms with Gasteiger partial charge in [0, 0.05) is 34.9 Å². The molecule has 2 aromatic rings. The van der Waals surface area contributed by atoms with Crippen LogP contribution < -0.4 is 10.6 Å². The van der Waals surface area contributed by atoms with Gasteiger partial charge in [0.15, 0.2) is 0 Å². The molecule has 0 unspecified atom stereocenters. The van der Waals surface area contributed by atoms with Gasteiger partial charge in [0.1, 0.15) is 5.84 Å². The molecule has 0 saturated heterocycles. The fraction of sp³-hybridized carbons (Fsp3) is 0.412. The number of hydrogen-bond acceptors (Lipinski definition) is 4. The monoisotopic (exact) mass is 408 g/mol. The van der Waals surface area contributed by atoms with E-state index in [-0.39, 0.29) is 5.91 Å². The summed E-state index contributed by atoms with van der Waals surface area (Å²) in [6, 6.07) is 6.02. The fourth-order valence-corrected chi connectivity index (χ4v) is 3.65. The number of rotatable bonds is 7. The quantitative estimate of drug-likeness (QED) is 0.692. The lowest BCUT2D eigenvalue weighted by molar-refractivity contribution is 0.0957. The van der Waals surface area contributed by atoms with Crippen LogP contribution in [0.2, 0.25) is 0 Å². The third-order valence-corrected chi connectivity index (χ3v) is 5.28. The summed E-state index contributed by atoms with van der Waals surface area (Å²) in [6.45, 7) is 5.18. The van der Waals surface area contributed by atoms with Crippen LogP contribution in [0.1, 0.15) is 17.3 Å². The molecule has 1 aliphatic heterocycles. The first kappa shape index (κ1) is 17.4. The molecule has 1 amide bonds. The minimum atomic E-state index is -0.0147. The number of amidine groups is 1. The zero-order valence-electron chi connectivity index (χ0n) is 13.6. The molecule has 0 radical (unpaired) electrons. The summed E-state index contributed by atoms with van der Waals surface area (Å²) < 4.78 is 3.09. The molecule has 0 fully saturated rings. The van der Waals surface area contributed by atoms with Crippen LogP contribution in [0.5, 0.6) is 0 Å². The van der Waals surface area contributed by atoms with Crippen molar-refractivity contribution < 1.29 is 4.79 Å². The number of fused-ring (bicyclic) bond motifs is 1. The minimum Gasteiger partial charge on any atom is -0.370 e. The van der Waals surface area contributed by atoms with Gasteiger partial charge in [0.25, 0.3) is 5.91 Å². The highest BCUT2D eigenvalue weighted by Gasteiger charge is 2.16. The van der Waals surface area contributed by atoms with Gasteiger partial charge in [-0.15, -0.1) is 0 Å². The maximum Gasteiger partial charge on any atom is 0.253 e. The molecule has 0 saturated carbocycles. The van der Waals surface area contributed by atoms with Crippen LogP contribution in [0.25, 0.3) is 10.9 Å². The third-order valence-electron chi connectivity index (χ3n) is 3.89. The topological polar surface area (TPSA) is 58.4 Å². The Morgan fingerprint density at radius 1 is 1.50 bits per heavy atom. The van der Waals surface area contributed by atoms with Crippen LogP contribution in [0.15, 0.2) is 33.9 Å². The zero-order chi connectivity index (χ0) is 16.9. The Morgan fingerprint density at radius 2 is 2.38 bits per heavy atom. The van der Waals surface area contributed by atoms with Crippen molar-refractivity contribution in [1.82, 2.24) is 15.2 Å². The molecule has 0 spiro atoms. The molecular weight excluding hydrogens is 388 g/mol. The first-order valence-electron chi connectivity index (χ1n) is 8.10. The van der Waals surface area contributed by atoms with Crippen molar-refractivity contribution in [2.75, 3.05) is 31.1 Å². The highest BCUT2D eigenvalue weighted by atomic mass is 79.9. The molecule has 3 rings (SSSR count). The van der Waals surface area contributed by atoms with Gasteiger partial charge in [-0.25, -0.2) is 0 Å². The molecule has 7 heteroatoms. The molecule has 1 aromatic heterocycles. The van der Waals surface area contributed by atoms with Crippen molar-refractivity contribution in [2.45, 2.75) is 13.5 Å². The number of aliphatic imine (C=N–C) groups is 1. The lowest BCUT2D eigenvalue weighted by atomic mass is 10.1. The van der Waals surface area contributed by atoms with Gasteiger partial charge in [-0.3, -0.25) is 9.79 Å². The van der Waals surface area contributed by atoms with E-state index in [0.29, 0.717) is 13.1 Å². The van der Waals surface area contributed by atoms with E-state index >= 15 is 0 Å². The van der Waals surface area contributed by atoms with Crippen LogP contribution in [0.3, 0.4) is 0 Å². The number of nitrogens with one attached hydrogen (secondary N) is 2. The van der Waals surface area contributed by atoms with Gasteiger partial charge < -0.3 is 15.2 Å². The minimum absolute atomic E-state index is 0.0147. The van der Waals surface area contributed by atoms with Gasteiger partial charge in [-0.05, 0) is 17.9 Å². The Bertz CT molecular complexity index is 771. The van der Waals surface area contributed by atoms with Gasteiger partial charge in [0.05, 0.1) is 24.2 Å². The molecule has 128 valence electrons. The van der Waals surface area contributed by atoms with Crippen LogP contribution in [0.4, 0.5) is 0 Å². The Balaban J connectivity index is 1.85. The van der Waals surface area contributed by atoms with Crippen molar-refractivity contribution in [3.8, 4) is 0 Å². The molecule has 0 aliphatic carbocycles.